The fourth-order valence-corrected chi connectivity index (χ4v) is 7.70. The Bertz CT molecular complexity index is 2490. The lowest BCUT2D eigenvalue weighted by atomic mass is 9.96. The van der Waals surface area contributed by atoms with Crippen molar-refractivity contribution in [2.75, 3.05) is 4.90 Å². The summed E-state index contributed by atoms with van der Waals surface area (Å²) in [5.74, 6) is 0. The third kappa shape index (κ3) is 4.05. The van der Waals surface area contributed by atoms with Crippen molar-refractivity contribution in [2.45, 2.75) is 0 Å². The molecule has 0 radical (unpaired) electrons. The fourth-order valence-electron chi connectivity index (χ4n) is 6.60. The maximum atomic E-state index is 4.36. The van der Waals surface area contributed by atoms with E-state index in [4.69, 9.17) is 0 Å². The van der Waals surface area contributed by atoms with Crippen LogP contribution in [0.3, 0.4) is 0 Å². The molecule has 9 rings (SSSR count). The number of nitrogens with zero attached hydrogens (tertiary/aromatic N) is 2. The van der Waals surface area contributed by atoms with E-state index in [-0.39, 0.29) is 0 Å². The Morgan fingerprint density at radius 1 is 0.409 bits per heavy atom. The zero-order valence-corrected chi connectivity index (χ0v) is 24.6. The van der Waals surface area contributed by atoms with E-state index in [2.05, 4.69) is 155 Å². The highest BCUT2D eigenvalue weighted by molar-refractivity contribution is 7.25. The topological polar surface area (TPSA) is 16.1 Å². The summed E-state index contributed by atoms with van der Waals surface area (Å²) in [6.07, 6.45) is 3.85. The van der Waals surface area contributed by atoms with Gasteiger partial charge >= 0.3 is 0 Å². The predicted octanol–water partition coefficient (Wildman–Crippen LogP) is 12.0. The molecule has 0 saturated heterocycles. The minimum absolute atomic E-state index is 1.12. The normalized spacial score (nSPS) is 11.6. The molecule has 0 atom stereocenters. The van der Waals surface area contributed by atoms with Crippen LogP contribution in [0.4, 0.5) is 17.1 Å². The Hall–Kier alpha value is -5.51. The molecule has 9 aromatic rings. The zero-order chi connectivity index (χ0) is 29.0. The summed E-state index contributed by atoms with van der Waals surface area (Å²) in [5, 5.41) is 10.2. The molecule has 7 aromatic carbocycles. The second kappa shape index (κ2) is 10.0. The average molecular weight is 579 g/mol. The standard InChI is InChI=1S/C41H26N2S/c1-2-6-27(7-3-1)28-10-14-31(15-11-28)43(33-17-21-38-39-22-23-42-26-41(39)44-40(38)25-33)32-16-20-35-30(24-32)13-19-36-34-9-5-4-8-29(34)12-18-37(35)36/h1-26H. The monoisotopic (exact) mass is 578 g/mol. The number of hydrogen-bond acceptors (Lipinski definition) is 3. The number of fused-ring (bicyclic) bond motifs is 8. The molecule has 0 amide bonds. The van der Waals surface area contributed by atoms with E-state index in [0.29, 0.717) is 0 Å². The quantitative estimate of drug-likeness (QED) is 0.193. The number of aromatic nitrogens is 1. The van der Waals surface area contributed by atoms with Gasteiger partial charge in [0.05, 0.1) is 4.70 Å². The van der Waals surface area contributed by atoms with Crippen molar-refractivity contribution in [1.29, 1.82) is 0 Å². The molecule has 0 aliphatic rings. The molecule has 2 heterocycles. The maximum absolute atomic E-state index is 4.36. The molecule has 0 aliphatic carbocycles. The number of thiophene rings is 1. The van der Waals surface area contributed by atoms with Gasteiger partial charge in [0.15, 0.2) is 0 Å². The largest absolute Gasteiger partial charge is 0.310 e. The van der Waals surface area contributed by atoms with Crippen LogP contribution in [0, 0.1) is 0 Å². The van der Waals surface area contributed by atoms with Gasteiger partial charge in [-0.25, -0.2) is 0 Å². The van der Waals surface area contributed by atoms with Crippen molar-refractivity contribution in [3.8, 4) is 11.1 Å². The van der Waals surface area contributed by atoms with Crippen molar-refractivity contribution in [2.24, 2.45) is 0 Å². The van der Waals surface area contributed by atoms with E-state index in [9.17, 15) is 0 Å². The van der Waals surface area contributed by atoms with Crippen molar-refractivity contribution < 1.29 is 0 Å². The van der Waals surface area contributed by atoms with Crippen molar-refractivity contribution >= 4 is 80.9 Å². The average Bonchev–Trinajstić information content (AvgIpc) is 3.47. The summed E-state index contributed by atoms with van der Waals surface area (Å²) in [6.45, 7) is 0. The molecule has 0 N–H and O–H groups in total. The molecule has 3 heteroatoms. The molecule has 0 unspecified atom stereocenters. The molecule has 206 valence electrons. The fraction of sp³-hybridized carbons (Fsp3) is 0. The third-order valence-corrected chi connectivity index (χ3v) is 9.84. The molecule has 2 nitrogen and oxygen atoms in total. The molecule has 0 spiro atoms. The van der Waals surface area contributed by atoms with Crippen LogP contribution in [-0.2, 0) is 0 Å². The first-order chi connectivity index (χ1) is 21.8. The van der Waals surface area contributed by atoms with Crippen LogP contribution < -0.4 is 4.90 Å². The summed E-state index contributed by atoms with van der Waals surface area (Å²) in [6, 6.07) is 53.0. The van der Waals surface area contributed by atoms with Crippen LogP contribution in [-0.4, -0.2) is 4.98 Å². The van der Waals surface area contributed by atoms with E-state index in [0.717, 1.165) is 17.1 Å². The zero-order valence-electron chi connectivity index (χ0n) is 23.8. The summed E-state index contributed by atoms with van der Waals surface area (Å²) >= 11 is 1.80. The highest BCUT2D eigenvalue weighted by Crippen LogP contribution is 2.42. The van der Waals surface area contributed by atoms with Crippen LogP contribution in [0.1, 0.15) is 0 Å². The number of benzene rings is 7. The van der Waals surface area contributed by atoms with Gasteiger partial charge < -0.3 is 4.90 Å². The van der Waals surface area contributed by atoms with Gasteiger partial charge in [0.25, 0.3) is 0 Å². The summed E-state index contributed by atoms with van der Waals surface area (Å²) in [4.78, 5) is 6.74. The first kappa shape index (κ1) is 25.0. The highest BCUT2D eigenvalue weighted by Gasteiger charge is 2.16. The third-order valence-electron chi connectivity index (χ3n) is 8.73. The Morgan fingerprint density at radius 2 is 1.02 bits per heavy atom. The van der Waals surface area contributed by atoms with E-state index >= 15 is 0 Å². The molecule has 44 heavy (non-hydrogen) atoms. The summed E-state index contributed by atoms with van der Waals surface area (Å²) < 4.78 is 2.47. The van der Waals surface area contributed by atoms with Gasteiger partial charge in [0.1, 0.15) is 0 Å². The van der Waals surface area contributed by atoms with Crippen LogP contribution in [0.2, 0.25) is 0 Å². The first-order valence-corrected chi connectivity index (χ1v) is 15.7. The Balaban J connectivity index is 1.22. The van der Waals surface area contributed by atoms with Crippen molar-refractivity contribution in [3.63, 3.8) is 0 Å². The summed E-state index contributed by atoms with van der Waals surface area (Å²) in [7, 11) is 0. The Morgan fingerprint density at radius 3 is 1.86 bits per heavy atom. The molecule has 2 aromatic heterocycles. The molecular formula is C41H26N2S. The lowest BCUT2D eigenvalue weighted by Crippen LogP contribution is -2.09. The van der Waals surface area contributed by atoms with Crippen molar-refractivity contribution in [3.05, 3.63) is 158 Å². The molecule has 0 saturated carbocycles. The maximum Gasteiger partial charge on any atom is 0.0538 e. The first-order valence-electron chi connectivity index (χ1n) is 14.9. The van der Waals surface area contributed by atoms with Crippen LogP contribution in [0.15, 0.2) is 158 Å². The number of anilines is 3. The van der Waals surface area contributed by atoms with Gasteiger partial charge in [-0.2, -0.15) is 0 Å². The molecule has 0 fully saturated rings. The second-order valence-electron chi connectivity index (χ2n) is 11.3. The van der Waals surface area contributed by atoms with Gasteiger partial charge in [-0.05, 0) is 85.9 Å². The molecular weight excluding hydrogens is 553 g/mol. The van der Waals surface area contributed by atoms with Crippen LogP contribution in [0.5, 0.6) is 0 Å². The lowest BCUT2D eigenvalue weighted by molar-refractivity contribution is 1.30. The smallest absolute Gasteiger partial charge is 0.0538 e. The van der Waals surface area contributed by atoms with Gasteiger partial charge in [-0.15, -0.1) is 11.3 Å². The highest BCUT2D eigenvalue weighted by atomic mass is 32.1. The van der Waals surface area contributed by atoms with Crippen molar-refractivity contribution in [1.82, 2.24) is 4.98 Å². The minimum Gasteiger partial charge on any atom is -0.310 e. The lowest BCUT2D eigenvalue weighted by Gasteiger charge is -2.26. The number of rotatable bonds is 4. The van der Waals surface area contributed by atoms with Crippen LogP contribution in [0.25, 0.3) is 63.6 Å². The van der Waals surface area contributed by atoms with E-state index in [1.807, 2.05) is 12.4 Å². The Kier molecular flexibility index (Phi) is 5.71. The number of hydrogen-bond donors (Lipinski definition) is 0. The molecule has 0 aliphatic heterocycles. The number of pyridine rings is 1. The van der Waals surface area contributed by atoms with Gasteiger partial charge in [-0.3, -0.25) is 4.98 Å². The van der Waals surface area contributed by atoms with Gasteiger partial charge in [-0.1, -0.05) is 103 Å². The molecule has 0 bridgehead atoms. The minimum atomic E-state index is 1.12. The second-order valence-corrected chi connectivity index (χ2v) is 12.3. The SMILES string of the molecule is c1ccc(-c2ccc(N(c3ccc4c(ccc5c6ccccc6ccc45)c3)c3ccc4c(c3)sc3cnccc34)cc2)cc1. The van der Waals surface area contributed by atoms with E-state index in [1.54, 1.807) is 11.3 Å². The van der Waals surface area contributed by atoms with E-state index < -0.39 is 0 Å². The predicted molar refractivity (Wildman–Crippen MR) is 190 cm³/mol. The Labute approximate surface area is 259 Å². The summed E-state index contributed by atoms with van der Waals surface area (Å²) in [5.41, 5.74) is 5.82. The van der Waals surface area contributed by atoms with E-state index in [1.165, 1.54) is 63.6 Å². The van der Waals surface area contributed by atoms with Crippen LogP contribution >= 0.6 is 11.3 Å². The van der Waals surface area contributed by atoms with Gasteiger partial charge in [0.2, 0.25) is 0 Å². The van der Waals surface area contributed by atoms with Gasteiger partial charge in [0, 0.05) is 44.9 Å².